The van der Waals surface area contributed by atoms with Crippen molar-refractivity contribution in [3.8, 4) is 0 Å². The van der Waals surface area contributed by atoms with Gasteiger partial charge in [-0.15, -0.1) is 0 Å². The highest BCUT2D eigenvalue weighted by Crippen LogP contribution is 2.27. The van der Waals surface area contributed by atoms with Gasteiger partial charge in [-0.3, -0.25) is 4.79 Å². The van der Waals surface area contributed by atoms with E-state index in [1.807, 2.05) is 0 Å². The summed E-state index contributed by atoms with van der Waals surface area (Å²) in [7, 11) is 1.65. The number of nitrogens with one attached hydrogen (secondary N) is 1. The first-order chi connectivity index (χ1) is 9.38. The van der Waals surface area contributed by atoms with Crippen molar-refractivity contribution in [2.24, 2.45) is 0 Å². The van der Waals surface area contributed by atoms with Crippen LogP contribution in [-0.4, -0.2) is 48.4 Å². The first-order valence-electron chi connectivity index (χ1n) is 5.83. The number of anilines is 1. The van der Waals surface area contributed by atoms with Crippen molar-refractivity contribution in [2.75, 3.05) is 32.0 Å². The second-order valence-electron chi connectivity index (χ2n) is 4.41. The van der Waals surface area contributed by atoms with E-state index in [0.29, 0.717) is 19.2 Å². The monoisotopic (exact) mass is 347 g/mol. The van der Waals surface area contributed by atoms with E-state index in [2.05, 4.69) is 21.2 Å². The number of benzene rings is 1. The average molecular weight is 348 g/mol. The van der Waals surface area contributed by atoms with Gasteiger partial charge in [-0.1, -0.05) is 0 Å². The predicted molar refractivity (Wildman–Crippen MR) is 72.3 cm³/mol. The molecule has 0 spiro atoms. The van der Waals surface area contributed by atoms with Crippen LogP contribution in [0.1, 0.15) is 0 Å². The van der Waals surface area contributed by atoms with Gasteiger partial charge in [0.05, 0.1) is 5.69 Å². The third-order valence-corrected chi connectivity index (χ3v) is 3.61. The van der Waals surface area contributed by atoms with E-state index in [9.17, 15) is 18.4 Å². The molecular formula is C12H12BrF2N3O2. The number of nitrogens with zero attached hydrogens (tertiary/aromatic N) is 2. The van der Waals surface area contributed by atoms with Crippen LogP contribution < -0.4 is 5.32 Å². The molecule has 0 aliphatic carbocycles. The zero-order valence-electron chi connectivity index (χ0n) is 10.6. The molecule has 1 aromatic carbocycles. The molecule has 1 heterocycles. The molecule has 0 atom stereocenters. The molecule has 1 aliphatic rings. The predicted octanol–water partition coefficient (Wildman–Crippen LogP) is 2.03. The number of likely N-dealkylation sites (N-methyl/N-ethyl adjacent to an activating group) is 1. The lowest BCUT2D eigenvalue weighted by Gasteiger charge is -2.32. The second-order valence-corrected chi connectivity index (χ2v) is 5.27. The highest BCUT2D eigenvalue weighted by Gasteiger charge is 2.25. The summed E-state index contributed by atoms with van der Waals surface area (Å²) >= 11 is 2.98. The minimum atomic E-state index is -0.884. The molecule has 0 radical (unpaired) electrons. The zero-order valence-corrected chi connectivity index (χ0v) is 12.2. The number of halogens is 3. The van der Waals surface area contributed by atoms with Gasteiger partial charge in [0.25, 0.3) is 0 Å². The van der Waals surface area contributed by atoms with Crippen LogP contribution in [0.25, 0.3) is 0 Å². The van der Waals surface area contributed by atoms with Gasteiger partial charge in [-0.25, -0.2) is 13.6 Å². The number of hydrogen-bond acceptors (Lipinski definition) is 2. The molecule has 20 heavy (non-hydrogen) atoms. The number of carbonyl (C=O) groups excluding carboxylic acids is 2. The number of amides is 3. The van der Waals surface area contributed by atoms with Crippen LogP contribution in [0.5, 0.6) is 0 Å². The third kappa shape index (κ3) is 3.06. The lowest BCUT2D eigenvalue weighted by molar-refractivity contribution is -0.133. The minimum Gasteiger partial charge on any atom is -0.342 e. The average Bonchev–Trinajstić information content (AvgIpc) is 2.36. The minimum absolute atomic E-state index is 0.0667. The summed E-state index contributed by atoms with van der Waals surface area (Å²) < 4.78 is 26.7. The molecule has 5 nitrogen and oxygen atoms in total. The summed E-state index contributed by atoms with van der Waals surface area (Å²) in [6.07, 6.45) is 0. The lowest BCUT2D eigenvalue weighted by atomic mass is 10.3. The van der Waals surface area contributed by atoms with Gasteiger partial charge >= 0.3 is 6.03 Å². The molecule has 0 aromatic heterocycles. The largest absolute Gasteiger partial charge is 0.342 e. The van der Waals surface area contributed by atoms with E-state index >= 15 is 0 Å². The van der Waals surface area contributed by atoms with E-state index in [0.717, 1.165) is 6.07 Å². The molecule has 1 N–H and O–H groups in total. The maximum absolute atomic E-state index is 13.6. The van der Waals surface area contributed by atoms with Crippen molar-refractivity contribution in [3.63, 3.8) is 0 Å². The first kappa shape index (κ1) is 14.7. The van der Waals surface area contributed by atoms with Crippen molar-refractivity contribution < 1.29 is 18.4 Å². The Bertz CT molecular complexity index is 545. The number of piperazine rings is 1. The molecule has 3 amide bonds. The van der Waals surface area contributed by atoms with Gasteiger partial charge in [-0.05, 0) is 22.0 Å². The maximum Gasteiger partial charge on any atom is 0.322 e. The van der Waals surface area contributed by atoms with Crippen LogP contribution in [0.3, 0.4) is 0 Å². The summed E-state index contributed by atoms with van der Waals surface area (Å²) in [5, 5.41) is 2.34. The molecule has 8 heteroatoms. The summed E-state index contributed by atoms with van der Waals surface area (Å²) in [6, 6.07) is 1.13. The van der Waals surface area contributed by atoms with E-state index in [4.69, 9.17) is 0 Å². The third-order valence-electron chi connectivity index (χ3n) is 2.98. The molecule has 1 aromatic rings. The normalized spacial score (nSPS) is 15.5. The zero-order chi connectivity index (χ0) is 14.9. The van der Waals surface area contributed by atoms with Crippen LogP contribution in [0.4, 0.5) is 19.3 Å². The Balaban J connectivity index is 2.11. The van der Waals surface area contributed by atoms with Crippen molar-refractivity contribution in [1.29, 1.82) is 0 Å². The molecule has 2 rings (SSSR count). The Morgan fingerprint density at radius 3 is 2.65 bits per heavy atom. The Labute approximate surface area is 122 Å². The van der Waals surface area contributed by atoms with Gasteiger partial charge in [0.1, 0.15) is 12.4 Å². The molecule has 1 aliphatic heterocycles. The fraction of sp³-hybridized carbons (Fsp3) is 0.333. The SMILES string of the molecule is CN1CCN(C(=O)Nc2c(F)cc(F)cc2Br)CC1=O. The maximum atomic E-state index is 13.6. The van der Waals surface area contributed by atoms with Crippen molar-refractivity contribution in [1.82, 2.24) is 9.80 Å². The molecule has 0 bridgehead atoms. The molecule has 1 fully saturated rings. The Kier molecular flexibility index (Phi) is 4.22. The molecule has 0 unspecified atom stereocenters. The Hall–Kier alpha value is -1.70. The smallest absolute Gasteiger partial charge is 0.322 e. The van der Waals surface area contributed by atoms with Gasteiger partial charge in [0.15, 0.2) is 5.82 Å². The van der Waals surface area contributed by atoms with Crippen LogP contribution in [0.15, 0.2) is 16.6 Å². The van der Waals surface area contributed by atoms with Crippen LogP contribution in [0, 0.1) is 11.6 Å². The molecule has 108 valence electrons. The highest BCUT2D eigenvalue weighted by molar-refractivity contribution is 9.10. The van der Waals surface area contributed by atoms with Crippen LogP contribution in [0.2, 0.25) is 0 Å². The summed E-state index contributed by atoms with van der Waals surface area (Å²) in [6.45, 7) is 0.705. The molecular weight excluding hydrogens is 336 g/mol. The number of hydrogen-bond donors (Lipinski definition) is 1. The summed E-state index contributed by atoms with van der Waals surface area (Å²) in [4.78, 5) is 26.3. The molecule has 0 saturated carbocycles. The van der Waals surface area contributed by atoms with Gasteiger partial charge < -0.3 is 15.1 Å². The summed E-state index contributed by atoms with van der Waals surface area (Å²) in [5.74, 6) is -1.82. The Morgan fingerprint density at radius 2 is 2.05 bits per heavy atom. The van der Waals surface area contributed by atoms with Gasteiger partial charge in [-0.2, -0.15) is 0 Å². The quantitative estimate of drug-likeness (QED) is 0.845. The fourth-order valence-corrected chi connectivity index (χ4v) is 2.29. The molecule has 1 saturated heterocycles. The topological polar surface area (TPSA) is 52.6 Å². The standard InChI is InChI=1S/C12H12BrF2N3O2/c1-17-2-3-18(6-10(17)19)12(20)16-11-8(13)4-7(14)5-9(11)15/h4-5H,2-3,6H2,1H3,(H,16,20). The van der Waals surface area contributed by atoms with Crippen molar-refractivity contribution >= 4 is 33.6 Å². The Morgan fingerprint density at radius 1 is 1.35 bits per heavy atom. The van der Waals surface area contributed by atoms with Gasteiger partial charge in [0.2, 0.25) is 5.91 Å². The lowest BCUT2D eigenvalue weighted by Crippen LogP contribution is -2.51. The number of carbonyl (C=O) groups is 2. The number of rotatable bonds is 1. The van der Waals surface area contributed by atoms with E-state index in [-0.39, 0.29) is 22.6 Å². The van der Waals surface area contributed by atoms with Crippen LogP contribution in [-0.2, 0) is 4.79 Å². The van der Waals surface area contributed by atoms with E-state index in [1.165, 1.54) is 9.80 Å². The van der Waals surface area contributed by atoms with Crippen molar-refractivity contribution in [2.45, 2.75) is 0 Å². The van der Waals surface area contributed by atoms with Crippen molar-refractivity contribution in [3.05, 3.63) is 28.2 Å². The second kappa shape index (κ2) is 5.74. The summed E-state index contributed by atoms with van der Waals surface area (Å²) in [5.41, 5.74) is -0.150. The number of urea groups is 1. The van der Waals surface area contributed by atoms with Gasteiger partial charge in [0, 0.05) is 30.7 Å². The van der Waals surface area contributed by atoms with E-state index in [1.54, 1.807) is 7.05 Å². The van der Waals surface area contributed by atoms with E-state index < -0.39 is 17.7 Å². The fourth-order valence-electron chi connectivity index (χ4n) is 1.78. The van der Waals surface area contributed by atoms with Crippen LogP contribution >= 0.6 is 15.9 Å². The first-order valence-corrected chi connectivity index (χ1v) is 6.62. The highest BCUT2D eigenvalue weighted by atomic mass is 79.9.